The zero-order valence-electron chi connectivity index (χ0n) is 9.16. The highest BCUT2D eigenvalue weighted by atomic mass is 35.5. The smallest absolute Gasteiger partial charge is 0.0806 e. The molecule has 0 saturated heterocycles. The van der Waals surface area contributed by atoms with Crippen LogP contribution < -0.4 is 5.73 Å². The summed E-state index contributed by atoms with van der Waals surface area (Å²) in [5.74, 6) is 0.812. The Morgan fingerprint density at radius 3 is 2.62 bits per heavy atom. The SMILES string of the molecule is NC(=S)C(c1cccc(Cl)c1)C1CCCC1. The van der Waals surface area contributed by atoms with Gasteiger partial charge in [-0.1, -0.05) is 48.8 Å². The van der Waals surface area contributed by atoms with Crippen molar-refractivity contribution in [2.45, 2.75) is 31.6 Å². The van der Waals surface area contributed by atoms with Gasteiger partial charge in [0, 0.05) is 10.9 Å². The van der Waals surface area contributed by atoms with Crippen LogP contribution in [0.4, 0.5) is 0 Å². The first-order chi connectivity index (χ1) is 7.68. The highest BCUT2D eigenvalue weighted by Gasteiger charge is 2.28. The van der Waals surface area contributed by atoms with Gasteiger partial charge in [-0.05, 0) is 36.5 Å². The first-order valence-electron chi connectivity index (χ1n) is 5.73. The monoisotopic (exact) mass is 253 g/mol. The van der Waals surface area contributed by atoms with Crippen LogP contribution in [0.25, 0.3) is 0 Å². The second-order valence-electron chi connectivity index (χ2n) is 4.48. The lowest BCUT2D eigenvalue weighted by atomic mass is 9.85. The van der Waals surface area contributed by atoms with E-state index in [1.54, 1.807) is 0 Å². The molecule has 1 unspecified atom stereocenters. The van der Waals surface area contributed by atoms with E-state index in [1.165, 1.54) is 31.2 Å². The lowest BCUT2D eigenvalue weighted by Crippen LogP contribution is -2.25. The van der Waals surface area contributed by atoms with E-state index in [0.717, 1.165) is 5.02 Å². The van der Waals surface area contributed by atoms with E-state index in [9.17, 15) is 0 Å². The van der Waals surface area contributed by atoms with Crippen LogP contribution >= 0.6 is 23.8 Å². The average molecular weight is 254 g/mol. The van der Waals surface area contributed by atoms with Crippen LogP contribution in [0.3, 0.4) is 0 Å². The molecule has 16 heavy (non-hydrogen) atoms. The van der Waals surface area contributed by atoms with Crippen molar-refractivity contribution in [3.63, 3.8) is 0 Å². The zero-order valence-corrected chi connectivity index (χ0v) is 10.7. The largest absolute Gasteiger partial charge is 0.393 e. The molecule has 0 amide bonds. The number of halogens is 1. The molecule has 0 spiro atoms. The lowest BCUT2D eigenvalue weighted by Gasteiger charge is -2.22. The van der Waals surface area contributed by atoms with Gasteiger partial charge in [0.1, 0.15) is 0 Å². The minimum atomic E-state index is 0.205. The van der Waals surface area contributed by atoms with E-state index in [0.29, 0.717) is 10.9 Å². The maximum Gasteiger partial charge on any atom is 0.0806 e. The third-order valence-electron chi connectivity index (χ3n) is 3.39. The van der Waals surface area contributed by atoms with Crippen molar-refractivity contribution < 1.29 is 0 Å². The quantitative estimate of drug-likeness (QED) is 0.827. The van der Waals surface area contributed by atoms with Crippen LogP contribution in [-0.4, -0.2) is 4.99 Å². The van der Waals surface area contributed by atoms with E-state index in [4.69, 9.17) is 29.6 Å². The molecule has 1 aliphatic carbocycles. The average Bonchev–Trinajstić information content (AvgIpc) is 2.71. The summed E-state index contributed by atoms with van der Waals surface area (Å²) in [6, 6.07) is 7.92. The predicted octanol–water partition coefficient (Wildman–Crippen LogP) is 3.90. The number of nitrogens with two attached hydrogens (primary N) is 1. The molecule has 2 rings (SSSR count). The third-order valence-corrected chi connectivity index (χ3v) is 3.87. The number of hydrogen-bond acceptors (Lipinski definition) is 1. The Morgan fingerprint density at radius 2 is 2.06 bits per heavy atom. The molecule has 1 saturated carbocycles. The van der Waals surface area contributed by atoms with Crippen molar-refractivity contribution in [1.29, 1.82) is 0 Å². The predicted molar refractivity (Wildman–Crippen MR) is 72.9 cm³/mol. The Bertz CT molecular complexity index is 385. The van der Waals surface area contributed by atoms with Gasteiger partial charge >= 0.3 is 0 Å². The van der Waals surface area contributed by atoms with Gasteiger partial charge in [0.25, 0.3) is 0 Å². The van der Waals surface area contributed by atoms with Gasteiger partial charge in [-0.2, -0.15) is 0 Å². The second kappa shape index (κ2) is 5.15. The first kappa shape index (κ1) is 11.9. The molecule has 2 N–H and O–H groups in total. The standard InChI is InChI=1S/C13H16ClNS/c14-11-7-3-6-10(8-11)12(13(15)16)9-4-1-2-5-9/h3,6-9,12H,1-2,4-5H2,(H2,15,16). The summed E-state index contributed by atoms with van der Waals surface area (Å²) in [6.07, 6.45) is 5.05. The minimum absolute atomic E-state index is 0.205. The number of hydrogen-bond donors (Lipinski definition) is 1. The second-order valence-corrected chi connectivity index (χ2v) is 5.39. The molecule has 1 fully saturated rings. The molecule has 3 heteroatoms. The van der Waals surface area contributed by atoms with Crippen LogP contribution in [-0.2, 0) is 0 Å². The molecule has 0 heterocycles. The van der Waals surface area contributed by atoms with Crippen LogP contribution in [0.2, 0.25) is 5.02 Å². The molecule has 1 aromatic carbocycles. The molecule has 0 radical (unpaired) electrons. The highest BCUT2D eigenvalue weighted by Crippen LogP contribution is 2.38. The maximum absolute atomic E-state index is 6.02. The minimum Gasteiger partial charge on any atom is -0.393 e. The van der Waals surface area contributed by atoms with Crippen molar-refractivity contribution in [3.05, 3.63) is 34.9 Å². The van der Waals surface area contributed by atoms with Crippen LogP contribution in [0.5, 0.6) is 0 Å². The fourth-order valence-electron chi connectivity index (χ4n) is 2.66. The summed E-state index contributed by atoms with van der Waals surface area (Å²) in [5.41, 5.74) is 7.06. The summed E-state index contributed by atoms with van der Waals surface area (Å²) >= 11 is 11.2. The molecule has 1 aromatic rings. The Labute approximate surface area is 107 Å². The van der Waals surface area contributed by atoms with E-state index < -0.39 is 0 Å². The number of benzene rings is 1. The molecule has 1 aliphatic rings. The summed E-state index contributed by atoms with van der Waals surface area (Å²) in [6.45, 7) is 0. The summed E-state index contributed by atoms with van der Waals surface area (Å²) in [7, 11) is 0. The Balaban J connectivity index is 2.28. The maximum atomic E-state index is 6.02. The fourth-order valence-corrected chi connectivity index (χ4v) is 3.19. The van der Waals surface area contributed by atoms with E-state index in [2.05, 4.69) is 6.07 Å². The lowest BCUT2D eigenvalue weighted by molar-refractivity contribution is 0.514. The van der Waals surface area contributed by atoms with Crippen LogP contribution in [0, 0.1) is 5.92 Å². The van der Waals surface area contributed by atoms with Crippen molar-refractivity contribution in [2.24, 2.45) is 11.7 Å². The van der Waals surface area contributed by atoms with Gasteiger partial charge in [-0.3, -0.25) is 0 Å². The molecule has 0 bridgehead atoms. The topological polar surface area (TPSA) is 26.0 Å². The normalized spacial score (nSPS) is 18.6. The first-order valence-corrected chi connectivity index (χ1v) is 6.52. The number of thiocarbonyl (C=S) groups is 1. The van der Waals surface area contributed by atoms with Gasteiger partial charge in [0.15, 0.2) is 0 Å². The molecule has 0 aromatic heterocycles. The Hall–Kier alpha value is -0.600. The highest BCUT2D eigenvalue weighted by molar-refractivity contribution is 7.80. The molecule has 86 valence electrons. The number of rotatable bonds is 3. The van der Waals surface area contributed by atoms with Gasteiger partial charge < -0.3 is 5.73 Å². The van der Waals surface area contributed by atoms with Crippen molar-refractivity contribution in [1.82, 2.24) is 0 Å². The fraction of sp³-hybridized carbons (Fsp3) is 0.462. The van der Waals surface area contributed by atoms with Crippen LogP contribution in [0.1, 0.15) is 37.2 Å². The van der Waals surface area contributed by atoms with Crippen molar-refractivity contribution >= 4 is 28.8 Å². The van der Waals surface area contributed by atoms with Gasteiger partial charge in [0.2, 0.25) is 0 Å². The van der Waals surface area contributed by atoms with Gasteiger partial charge in [0.05, 0.1) is 4.99 Å². The zero-order chi connectivity index (χ0) is 11.5. The Morgan fingerprint density at radius 1 is 1.38 bits per heavy atom. The summed E-state index contributed by atoms with van der Waals surface area (Å²) in [4.78, 5) is 0.606. The third kappa shape index (κ3) is 2.55. The van der Waals surface area contributed by atoms with Crippen molar-refractivity contribution in [2.75, 3.05) is 0 Å². The van der Waals surface area contributed by atoms with E-state index >= 15 is 0 Å². The van der Waals surface area contributed by atoms with Crippen LogP contribution in [0.15, 0.2) is 24.3 Å². The molecule has 1 atom stereocenters. The van der Waals surface area contributed by atoms with E-state index in [1.807, 2.05) is 18.2 Å². The van der Waals surface area contributed by atoms with Crippen molar-refractivity contribution in [3.8, 4) is 0 Å². The van der Waals surface area contributed by atoms with Gasteiger partial charge in [-0.15, -0.1) is 0 Å². The Kier molecular flexibility index (Phi) is 3.82. The molecule has 0 aliphatic heterocycles. The molecular formula is C13H16ClNS. The molecular weight excluding hydrogens is 238 g/mol. The summed E-state index contributed by atoms with van der Waals surface area (Å²) in [5, 5.41) is 0.761. The summed E-state index contributed by atoms with van der Waals surface area (Å²) < 4.78 is 0. The van der Waals surface area contributed by atoms with Gasteiger partial charge in [-0.25, -0.2) is 0 Å². The van der Waals surface area contributed by atoms with E-state index in [-0.39, 0.29) is 5.92 Å². The molecule has 1 nitrogen and oxygen atoms in total.